The maximum atomic E-state index is 12.9. The Labute approximate surface area is 161 Å². The van der Waals surface area contributed by atoms with Crippen molar-refractivity contribution in [3.8, 4) is 0 Å². The number of piperidine rings is 1. The SMILES string of the molecule is CCNCC1CCN(C(=O)c2cc(=O)[nH]c3ccc(Br)cc23)CC1.Cl. The number of carbonyl (C=O) groups is 1. The molecule has 2 aromatic rings. The molecule has 7 heteroatoms. The van der Waals surface area contributed by atoms with Gasteiger partial charge in [0.05, 0.1) is 5.56 Å². The topological polar surface area (TPSA) is 65.2 Å². The summed E-state index contributed by atoms with van der Waals surface area (Å²) in [5.41, 5.74) is 0.937. The van der Waals surface area contributed by atoms with Gasteiger partial charge < -0.3 is 15.2 Å². The van der Waals surface area contributed by atoms with Crippen LogP contribution < -0.4 is 10.9 Å². The molecule has 5 nitrogen and oxygen atoms in total. The molecule has 1 aromatic carbocycles. The Morgan fingerprint density at radius 1 is 1.32 bits per heavy atom. The normalized spacial score (nSPS) is 15.2. The van der Waals surface area contributed by atoms with Gasteiger partial charge in [0.15, 0.2) is 0 Å². The number of hydrogen-bond donors (Lipinski definition) is 2. The summed E-state index contributed by atoms with van der Waals surface area (Å²) >= 11 is 3.44. The van der Waals surface area contributed by atoms with E-state index in [1.54, 1.807) is 0 Å². The van der Waals surface area contributed by atoms with Crippen molar-refractivity contribution in [3.05, 3.63) is 44.7 Å². The van der Waals surface area contributed by atoms with Crippen molar-refractivity contribution in [2.75, 3.05) is 26.2 Å². The minimum atomic E-state index is -0.241. The number of carbonyl (C=O) groups excluding carboxylic acids is 1. The van der Waals surface area contributed by atoms with E-state index in [0.717, 1.165) is 48.9 Å². The zero-order chi connectivity index (χ0) is 17.1. The lowest BCUT2D eigenvalue weighted by atomic mass is 9.96. The van der Waals surface area contributed by atoms with Crippen LogP contribution in [0.15, 0.2) is 33.5 Å². The number of likely N-dealkylation sites (tertiary alicyclic amines) is 1. The molecule has 25 heavy (non-hydrogen) atoms. The Hall–Kier alpha value is -1.37. The number of H-pyrrole nitrogens is 1. The standard InChI is InChI=1S/C18H22BrN3O2.ClH/c1-2-20-11-12-5-7-22(8-6-12)18(24)15-10-17(23)21-16-4-3-13(19)9-14(15)16;/h3-4,9-10,12,20H,2,5-8,11H2,1H3,(H,21,23);1H. The Kier molecular flexibility index (Phi) is 7.04. The van der Waals surface area contributed by atoms with E-state index >= 15 is 0 Å². The van der Waals surface area contributed by atoms with E-state index in [1.807, 2.05) is 23.1 Å². The van der Waals surface area contributed by atoms with Crippen molar-refractivity contribution in [2.24, 2.45) is 5.92 Å². The minimum Gasteiger partial charge on any atom is -0.339 e. The van der Waals surface area contributed by atoms with E-state index in [-0.39, 0.29) is 23.9 Å². The van der Waals surface area contributed by atoms with Crippen molar-refractivity contribution in [2.45, 2.75) is 19.8 Å². The quantitative estimate of drug-likeness (QED) is 0.786. The smallest absolute Gasteiger partial charge is 0.254 e. The summed E-state index contributed by atoms with van der Waals surface area (Å²) in [6.45, 7) is 5.59. The number of amides is 1. The number of nitrogens with one attached hydrogen (secondary N) is 2. The zero-order valence-electron chi connectivity index (χ0n) is 14.2. The second-order valence-corrected chi connectivity index (χ2v) is 7.20. The molecule has 1 aromatic heterocycles. The molecular weight excluding hydrogens is 406 g/mol. The van der Waals surface area contributed by atoms with Crippen LogP contribution >= 0.6 is 28.3 Å². The van der Waals surface area contributed by atoms with Gasteiger partial charge in [-0.25, -0.2) is 0 Å². The molecule has 3 rings (SSSR count). The Morgan fingerprint density at radius 2 is 2.04 bits per heavy atom. The lowest BCUT2D eigenvalue weighted by molar-refractivity contribution is 0.0692. The van der Waals surface area contributed by atoms with E-state index in [2.05, 4.69) is 33.2 Å². The summed E-state index contributed by atoms with van der Waals surface area (Å²) in [7, 11) is 0. The van der Waals surface area contributed by atoms with Crippen molar-refractivity contribution < 1.29 is 4.79 Å². The summed E-state index contributed by atoms with van der Waals surface area (Å²) in [6, 6.07) is 6.98. The fraction of sp³-hybridized carbons (Fsp3) is 0.444. The van der Waals surface area contributed by atoms with E-state index in [9.17, 15) is 9.59 Å². The number of pyridine rings is 1. The molecule has 0 atom stereocenters. The predicted molar refractivity (Wildman–Crippen MR) is 107 cm³/mol. The number of rotatable bonds is 4. The molecule has 0 aliphatic carbocycles. The summed E-state index contributed by atoms with van der Waals surface area (Å²) in [5.74, 6) is 0.574. The van der Waals surface area contributed by atoms with Gasteiger partial charge in [-0.1, -0.05) is 22.9 Å². The number of aromatic nitrogens is 1. The molecule has 0 unspecified atom stereocenters. The van der Waals surface area contributed by atoms with Crippen LogP contribution in [0, 0.1) is 5.92 Å². The van der Waals surface area contributed by atoms with E-state index < -0.39 is 0 Å². The largest absolute Gasteiger partial charge is 0.339 e. The average molecular weight is 429 g/mol. The van der Waals surface area contributed by atoms with Gasteiger partial charge in [-0.2, -0.15) is 0 Å². The van der Waals surface area contributed by atoms with Crippen LogP contribution in [0.5, 0.6) is 0 Å². The predicted octanol–water partition coefficient (Wildman–Crippen LogP) is 3.17. The van der Waals surface area contributed by atoms with Crippen LogP contribution in [-0.4, -0.2) is 42.0 Å². The summed E-state index contributed by atoms with van der Waals surface area (Å²) in [6.07, 6.45) is 2.01. The van der Waals surface area contributed by atoms with Crippen molar-refractivity contribution in [1.29, 1.82) is 0 Å². The van der Waals surface area contributed by atoms with Crippen LogP contribution in [0.3, 0.4) is 0 Å². The molecule has 1 fully saturated rings. The summed E-state index contributed by atoms with van der Waals surface area (Å²) in [5, 5.41) is 4.16. The highest BCUT2D eigenvalue weighted by Crippen LogP contribution is 2.24. The highest BCUT2D eigenvalue weighted by molar-refractivity contribution is 9.10. The van der Waals surface area contributed by atoms with Crippen molar-refractivity contribution >= 4 is 45.1 Å². The molecule has 136 valence electrons. The molecule has 1 saturated heterocycles. The maximum Gasteiger partial charge on any atom is 0.254 e. The second-order valence-electron chi connectivity index (χ2n) is 6.28. The van der Waals surface area contributed by atoms with Gasteiger partial charge in [0, 0.05) is 34.5 Å². The van der Waals surface area contributed by atoms with Crippen molar-refractivity contribution in [3.63, 3.8) is 0 Å². The van der Waals surface area contributed by atoms with E-state index in [4.69, 9.17) is 0 Å². The third kappa shape index (κ3) is 4.63. The summed E-state index contributed by atoms with van der Waals surface area (Å²) in [4.78, 5) is 29.5. The third-order valence-electron chi connectivity index (χ3n) is 4.62. The van der Waals surface area contributed by atoms with E-state index in [1.165, 1.54) is 6.07 Å². The lowest BCUT2D eigenvalue weighted by Gasteiger charge is -2.32. The molecule has 0 spiro atoms. The molecule has 1 aliphatic heterocycles. The third-order valence-corrected chi connectivity index (χ3v) is 5.11. The lowest BCUT2D eigenvalue weighted by Crippen LogP contribution is -2.41. The zero-order valence-corrected chi connectivity index (χ0v) is 16.6. The number of benzene rings is 1. The Morgan fingerprint density at radius 3 is 2.72 bits per heavy atom. The fourth-order valence-corrected chi connectivity index (χ4v) is 3.62. The fourth-order valence-electron chi connectivity index (χ4n) is 3.26. The van der Waals surface area contributed by atoms with Gasteiger partial charge in [-0.05, 0) is 50.0 Å². The first-order valence-electron chi connectivity index (χ1n) is 8.41. The minimum absolute atomic E-state index is 0. The monoisotopic (exact) mass is 427 g/mol. The van der Waals surface area contributed by atoms with E-state index in [0.29, 0.717) is 17.0 Å². The molecular formula is C18H23BrClN3O2. The molecule has 0 radical (unpaired) electrons. The van der Waals surface area contributed by atoms with Crippen LogP contribution in [0.25, 0.3) is 10.9 Å². The molecule has 0 bridgehead atoms. The number of hydrogen-bond acceptors (Lipinski definition) is 3. The van der Waals surface area contributed by atoms with Crippen LogP contribution in [0.1, 0.15) is 30.1 Å². The number of aromatic amines is 1. The van der Waals surface area contributed by atoms with Gasteiger partial charge in [-0.3, -0.25) is 9.59 Å². The summed E-state index contributed by atoms with van der Waals surface area (Å²) < 4.78 is 0.889. The molecule has 2 heterocycles. The first-order valence-corrected chi connectivity index (χ1v) is 9.20. The molecule has 0 saturated carbocycles. The van der Waals surface area contributed by atoms with Gasteiger partial charge in [-0.15, -0.1) is 12.4 Å². The highest BCUT2D eigenvalue weighted by Gasteiger charge is 2.24. The van der Waals surface area contributed by atoms with Gasteiger partial charge in [0.1, 0.15) is 0 Å². The second kappa shape index (κ2) is 8.83. The van der Waals surface area contributed by atoms with Gasteiger partial charge >= 0.3 is 0 Å². The van der Waals surface area contributed by atoms with Crippen LogP contribution in [0.4, 0.5) is 0 Å². The van der Waals surface area contributed by atoms with Crippen LogP contribution in [0.2, 0.25) is 0 Å². The highest BCUT2D eigenvalue weighted by atomic mass is 79.9. The average Bonchev–Trinajstić information content (AvgIpc) is 2.59. The first kappa shape index (κ1) is 19.9. The molecule has 1 aliphatic rings. The first-order chi connectivity index (χ1) is 11.6. The number of halogens is 2. The maximum absolute atomic E-state index is 12.9. The van der Waals surface area contributed by atoms with Gasteiger partial charge in [0.2, 0.25) is 5.56 Å². The van der Waals surface area contributed by atoms with Gasteiger partial charge in [0.25, 0.3) is 5.91 Å². The van der Waals surface area contributed by atoms with Crippen LogP contribution in [-0.2, 0) is 0 Å². The molecule has 1 amide bonds. The molecule has 2 N–H and O–H groups in total. The number of fused-ring (bicyclic) bond motifs is 1. The Balaban J connectivity index is 0.00000225. The number of nitrogens with zero attached hydrogens (tertiary/aromatic N) is 1. The Bertz CT molecular complexity index is 800. The van der Waals surface area contributed by atoms with Crippen molar-refractivity contribution in [1.82, 2.24) is 15.2 Å².